The van der Waals surface area contributed by atoms with Crippen LogP contribution in [0.4, 0.5) is 13.2 Å². The van der Waals surface area contributed by atoms with E-state index in [0.717, 1.165) is 5.56 Å². The summed E-state index contributed by atoms with van der Waals surface area (Å²) in [5, 5.41) is 18.6. The van der Waals surface area contributed by atoms with E-state index in [2.05, 4.69) is 0 Å². The Balaban J connectivity index is 1.89. The van der Waals surface area contributed by atoms with E-state index in [4.69, 9.17) is 0 Å². The molecule has 0 bridgehead atoms. The van der Waals surface area contributed by atoms with E-state index in [1.807, 2.05) is 4.90 Å². The molecule has 116 valence electrons. The molecule has 1 fully saturated rings. The van der Waals surface area contributed by atoms with Crippen molar-refractivity contribution in [1.82, 2.24) is 9.80 Å². The molecule has 2 N–H and O–H groups in total. The summed E-state index contributed by atoms with van der Waals surface area (Å²) in [5.41, 5.74) is 1.23. The number of hydrogen-bond acceptors (Lipinski definition) is 4. The lowest BCUT2D eigenvalue weighted by Gasteiger charge is -2.35. The van der Waals surface area contributed by atoms with Crippen molar-refractivity contribution in [2.24, 2.45) is 0 Å². The zero-order valence-corrected chi connectivity index (χ0v) is 11.6. The third kappa shape index (κ3) is 5.00. The number of nitrogens with zero attached hydrogens (tertiary/aromatic N) is 2. The zero-order chi connectivity index (χ0) is 15.5. The molecule has 0 radical (unpaired) electrons. The fourth-order valence-corrected chi connectivity index (χ4v) is 2.53. The quantitative estimate of drug-likeness (QED) is 0.772. The Morgan fingerprint density at radius 2 is 1.57 bits per heavy atom. The number of benzene rings is 1. The van der Waals surface area contributed by atoms with Crippen molar-refractivity contribution in [2.45, 2.75) is 12.7 Å². The van der Waals surface area contributed by atoms with Gasteiger partial charge in [-0.05, 0) is 11.0 Å². The summed E-state index contributed by atoms with van der Waals surface area (Å²) in [6.45, 7) is 1.44. The van der Waals surface area contributed by atoms with Crippen LogP contribution in [-0.2, 0) is 6.54 Å². The summed E-state index contributed by atoms with van der Waals surface area (Å²) in [6, 6.07) is 6.97. The van der Waals surface area contributed by atoms with Crippen LogP contribution in [0.5, 0.6) is 0 Å². The van der Waals surface area contributed by atoms with Crippen molar-refractivity contribution in [3.05, 3.63) is 29.8 Å². The fourth-order valence-electron chi connectivity index (χ4n) is 2.53. The van der Waals surface area contributed by atoms with Crippen LogP contribution in [0.1, 0.15) is 5.56 Å². The SMILES string of the molecule is OB(O)c1ccccc1CN1CCN(CC(F)(F)F)CC1. The maximum Gasteiger partial charge on any atom is 0.488 e. The molecule has 0 saturated carbocycles. The second-order valence-electron chi connectivity index (χ2n) is 5.24. The van der Waals surface area contributed by atoms with Crippen LogP contribution in [0.15, 0.2) is 24.3 Å². The molecule has 1 saturated heterocycles. The minimum Gasteiger partial charge on any atom is -0.423 e. The summed E-state index contributed by atoms with van der Waals surface area (Å²) < 4.78 is 36.9. The summed E-state index contributed by atoms with van der Waals surface area (Å²) in [6.07, 6.45) is -4.16. The first kappa shape index (κ1) is 16.3. The van der Waals surface area contributed by atoms with E-state index >= 15 is 0 Å². The highest BCUT2D eigenvalue weighted by Gasteiger charge is 2.32. The van der Waals surface area contributed by atoms with Gasteiger partial charge in [-0.15, -0.1) is 0 Å². The highest BCUT2D eigenvalue weighted by Crippen LogP contribution is 2.18. The highest BCUT2D eigenvalue weighted by atomic mass is 19.4. The van der Waals surface area contributed by atoms with Crippen molar-refractivity contribution in [3.8, 4) is 0 Å². The van der Waals surface area contributed by atoms with E-state index in [1.165, 1.54) is 4.90 Å². The third-order valence-corrected chi connectivity index (χ3v) is 3.60. The Morgan fingerprint density at radius 3 is 2.14 bits per heavy atom. The summed E-state index contributed by atoms with van der Waals surface area (Å²) in [4.78, 5) is 3.41. The Morgan fingerprint density at radius 1 is 1.00 bits per heavy atom. The summed E-state index contributed by atoms with van der Waals surface area (Å²) >= 11 is 0. The van der Waals surface area contributed by atoms with Crippen molar-refractivity contribution >= 4 is 12.6 Å². The number of hydrogen-bond donors (Lipinski definition) is 2. The molecule has 1 aliphatic rings. The van der Waals surface area contributed by atoms with Gasteiger partial charge in [-0.3, -0.25) is 9.80 Å². The van der Waals surface area contributed by atoms with E-state index in [1.54, 1.807) is 24.3 Å². The number of piperazine rings is 1. The first-order valence-corrected chi connectivity index (χ1v) is 6.80. The highest BCUT2D eigenvalue weighted by molar-refractivity contribution is 6.59. The Hall–Kier alpha value is -1.09. The first-order valence-electron chi connectivity index (χ1n) is 6.80. The molecular weight excluding hydrogens is 284 g/mol. The van der Waals surface area contributed by atoms with Gasteiger partial charge in [-0.1, -0.05) is 24.3 Å². The van der Waals surface area contributed by atoms with Gasteiger partial charge in [0.25, 0.3) is 0 Å². The smallest absolute Gasteiger partial charge is 0.423 e. The van der Waals surface area contributed by atoms with Gasteiger partial charge in [0.1, 0.15) is 0 Å². The van der Waals surface area contributed by atoms with Crippen LogP contribution >= 0.6 is 0 Å². The Labute approximate surface area is 121 Å². The van der Waals surface area contributed by atoms with Gasteiger partial charge in [0.05, 0.1) is 6.54 Å². The molecule has 0 unspecified atom stereocenters. The van der Waals surface area contributed by atoms with Crippen molar-refractivity contribution in [1.29, 1.82) is 0 Å². The molecule has 0 atom stereocenters. The maximum atomic E-state index is 12.3. The van der Waals surface area contributed by atoms with Crippen LogP contribution in [0, 0.1) is 0 Å². The zero-order valence-electron chi connectivity index (χ0n) is 11.6. The lowest BCUT2D eigenvalue weighted by molar-refractivity contribution is -0.149. The molecule has 0 aromatic heterocycles. The molecule has 2 rings (SSSR count). The van der Waals surface area contributed by atoms with Gasteiger partial charge in [0.15, 0.2) is 0 Å². The van der Waals surface area contributed by atoms with Crippen molar-refractivity contribution in [3.63, 3.8) is 0 Å². The topological polar surface area (TPSA) is 46.9 Å². The van der Waals surface area contributed by atoms with E-state index in [-0.39, 0.29) is 0 Å². The second kappa shape index (κ2) is 6.78. The molecule has 0 aliphatic carbocycles. The Kier molecular flexibility index (Phi) is 5.26. The third-order valence-electron chi connectivity index (χ3n) is 3.60. The molecule has 1 aliphatic heterocycles. The van der Waals surface area contributed by atoms with Crippen LogP contribution in [0.2, 0.25) is 0 Å². The van der Waals surface area contributed by atoms with Gasteiger partial charge in [0.2, 0.25) is 0 Å². The van der Waals surface area contributed by atoms with Crippen LogP contribution < -0.4 is 5.46 Å². The standard InChI is InChI=1S/C13H18BF3N2O2/c15-13(16,17)10-19-7-5-18(6-8-19)9-11-3-1-2-4-12(11)14(20)21/h1-4,20-21H,5-10H2. The van der Waals surface area contributed by atoms with Crippen LogP contribution in [0.25, 0.3) is 0 Å². The average molecular weight is 302 g/mol. The molecule has 0 amide bonds. The van der Waals surface area contributed by atoms with Gasteiger partial charge < -0.3 is 10.0 Å². The summed E-state index contributed by atoms with van der Waals surface area (Å²) in [5.74, 6) is 0. The van der Waals surface area contributed by atoms with Crippen molar-refractivity contribution in [2.75, 3.05) is 32.7 Å². The molecule has 1 aromatic carbocycles. The number of rotatable bonds is 4. The van der Waals surface area contributed by atoms with Crippen LogP contribution in [0.3, 0.4) is 0 Å². The average Bonchev–Trinajstić information content (AvgIpc) is 2.40. The monoisotopic (exact) mass is 302 g/mol. The van der Waals surface area contributed by atoms with E-state index in [0.29, 0.717) is 38.2 Å². The first-order chi connectivity index (χ1) is 9.85. The van der Waals surface area contributed by atoms with E-state index < -0.39 is 19.8 Å². The molecular formula is C13H18BF3N2O2. The molecule has 1 heterocycles. The summed E-state index contributed by atoms with van der Waals surface area (Å²) in [7, 11) is -1.53. The van der Waals surface area contributed by atoms with Gasteiger partial charge >= 0.3 is 13.3 Å². The molecule has 4 nitrogen and oxygen atoms in total. The molecule has 8 heteroatoms. The largest absolute Gasteiger partial charge is 0.488 e. The molecule has 21 heavy (non-hydrogen) atoms. The van der Waals surface area contributed by atoms with Gasteiger partial charge in [-0.2, -0.15) is 13.2 Å². The molecule has 1 aromatic rings. The lowest BCUT2D eigenvalue weighted by Crippen LogP contribution is -2.49. The van der Waals surface area contributed by atoms with Gasteiger partial charge in [0, 0.05) is 32.7 Å². The second-order valence-corrected chi connectivity index (χ2v) is 5.24. The van der Waals surface area contributed by atoms with Crippen LogP contribution in [-0.4, -0.2) is 65.9 Å². The van der Waals surface area contributed by atoms with E-state index in [9.17, 15) is 23.2 Å². The fraction of sp³-hybridized carbons (Fsp3) is 0.538. The lowest BCUT2D eigenvalue weighted by atomic mass is 9.77. The van der Waals surface area contributed by atoms with Crippen molar-refractivity contribution < 1.29 is 23.2 Å². The Bertz CT molecular complexity index is 463. The minimum absolute atomic E-state index is 0.364. The number of halogens is 3. The van der Waals surface area contributed by atoms with Gasteiger partial charge in [-0.25, -0.2) is 0 Å². The predicted molar refractivity (Wildman–Crippen MR) is 74.0 cm³/mol. The maximum absolute atomic E-state index is 12.3. The minimum atomic E-state index is -4.16. The normalized spacial score (nSPS) is 18.0. The number of alkyl halides is 3. The molecule has 0 spiro atoms. The predicted octanol–water partition coefficient (Wildman–Crippen LogP) is 0.0463.